The number of sulfone groups is 1. The van der Waals surface area contributed by atoms with Crippen LogP contribution in [0.3, 0.4) is 0 Å². The van der Waals surface area contributed by atoms with Crippen molar-refractivity contribution in [2.24, 2.45) is 5.92 Å². The lowest BCUT2D eigenvalue weighted by atomic mass is 9.92. The largest absolute Gasteiger partial charge is 0.489 e. The third-order valence-electron chi connectivity index (χ3n) is 8.02. The number of benzene rings is 2. The van der Waals surface area contributed by atoms with E-state index in [-0.39, 0.29) is 35.9 Å². The number of carboxylic acid groups (broad SMARTS) is 1. The first-order chi connectivity index (χ1) is 18.6. The second kappa shape index (κ2) is 11.0. The van der Waals surface area contributed by atoms with Gasteiger partial charge in [-0.25, -0.2) is 13.4 Å². The van der Waals surface area contributed by atoms with Crippen LogP contribution < -0.4 is 9.47 Å². The summed E-state index contributed by atoms with van der Waals surface area (Å²) in [7, 11) is -2.94. The summed E-state index contributed by atoms with van der Waals surface area (Å²) in [5.41, 5.74) is 7.43. The molecule has 0 spiro atoms. The lowest BCUT2D eigenvalue weighted by molar-refractivity contribution is -0.138. The number of hydrogen-bond donors (Lipinski definition) is 1. The van der Waals surface area contributed by atoms with E-state index in [2.05, 4.69) is 36.2 Å². The predicted molar refractivity (Wildman–Crippen MR) is 150 cm³/mol. The lowest BCUT2D eigenvalue weighted by Crippen LogP contribution is -2.31. The zero-order chi connectivity index (χ0) is 27.7. The lowest BCUT2D eigenvalue weighted by Gasteiger charge is -2.23. The van der Waals surface area contributed by atoms with E-state index in [1.807, 2.05) is 38.1 Å². The van der Waals surface area contributed by atoms with Crippen LogP contribution in [-0.4, -0.2) is 42.1 Å². The van der Waals surface area contributed by atoms with E-state index in [0.29, 0.717) is 25.3 Å². The van der Waals surface area contributed by atoms with Crippen molar-refractivity contribution in [2.45, 2.75) is 65.1 Å². The maximum atomic E-state index is 11.7. The molecule has 5 rings (SSSR count). The van der Waals surface area contributed by atoms with Gasteiger partial charge in [-0.05, 0) is 91.0 Å². The standard InChI is InChI=1S/C31H35NO6S/c1-19-13-29(38-26-9-11-39(35,36)12-10-26)32-21(3)31(19)23-6-4-5-22(14-23)18-37-27-7-8-28-20(2)24(17-30(33)34)15-25(28)16-27/h4-8,13-14,16,20,24,26H,9-12,15,17-18H2,1-3H3,(H,33,34)/t20-,24+/m1/s1. The van der Waals surface area contributed by atoms with Crippen LogP contribution in [0.2, 0.25) is 0 Å². The Balaban J connectivity index is 1.26. The van der Waals surface area contributed by atoms with Gasteiger partial charge >= 0.3 is 5.97 Å². The zero-order valence-corrected chi connectivity index (χ0v) is 23.5. The van der Waals surface area contributed by atoms with Crippen LogP contribution in [0.5, 0.6) is 11.6 Å². The van der Waals surface area contributed by atoms with E-state index in [1.54, 1.807) is 0 Å². The third-order valence-corrected chi connectivity index (χ3v) is 9.73. The van der Waals surface area contributed by atoms with E-state index in [1.165, 1.54) is 11.1 Å². The molecular weight excluding hydrogens is 514 g/mol. The number of pyridine rings is 1. The summed E-state index contributed by atoms with van der Waals surface area (Å²) in [4.78, 5) is 15.9. The molecule has 1 aliphatic heterocycles. The van der Waals surface area contributed by atoms with Crippen LogP contribution in [0.25, 0.3) is 11.1 Å². The molecule has 39 heavy (non-hydrogen) atoms. The van der Waals surface area contributed by atoms with Gasteiger partial charge in [0, 0.05) is 23.7 Å². The highest BCUT2D eigenvalue weighted by Crippen LogP contribution is 2.41. The summed E-state index contributed by atoms with van der Waals surface area (Å²) >= 11 is 0. The van der Waals surface area contributed by atoms with Gasteiger partial charge < -0.3 is 14.6 Å². The molecule has 7 nitrogen and oxygen atoms in total. The van der Waals surface area contributed by atoms with E-state index >= 15 is 0 Å². The van der Waals surface area contributed by atoms with Crippen LogP contribution in [0, 0.1) is 19.8 Å². The number of fused-ring (bicyclic) bond motifs is 1. The summed E-state index contributed by atoms with van der Waals surface area (Å²) in [6.45, 7) is 6.52. The van der Waals surface area contributed by atoms with Crippen molar-refractivity contribution in [2.75, 3.05) is 11.5 Å². The Labute approximate surface area is 230 Å². The number of aromatic nitrogens is 1. The Morgan fingerprint density at radius 2 is 1.85 bits per heavy atom. The average Bonchev–Trinajstić information content (AvgIpc) is 3.17. The van der Waals surface area contributed by atoms with Crippen molar-refractivity contribution in [3.63, 3.8) is 0 Å². The van der Waals surface area contributed by atoms with E-state index in [0.717, 1.165) is 40.1 Å². The topological polar surface area (TPSA) is 103 Å². The summed E-state index contributed by atoms with van der Waals surface area (Å²) in [5, 5.41) is 9.22. The van der Waals surface area contributed by atoms with Gasteiger partial charge in [-0.2, -0.15) is 0 Å². The molecule has 1 aliphatic carbocycles. The Kier molecular flexibility index (Phi) is 7.67. The smallest absolute Gasteiger partial charge is 0.303 e. The van der Waals surface area contributed by atoms with E-state index in [4.69, 9.17) is 9.47 Å². The van der Waals surface area contributed by atoms with Crippen LogP contribution in [0.4, 0.5) is 0 Å². The maximum Gasteiger partial charge on any atom is 0.303 e. The molecule has 2 aliphatic rings. The Hall–Kier alpha value is -3.39. The second-order valence-corrected chi connectivity index (χ2v) is 13.2. The van der Waals surface area contributed by atoms with Gasteiger partial charge in [0.05, 0.1) is 11.5 Å². The third kappa shape index (κ3) is 6.27. The number of carbonyl (C=O) groups is 1. The summed E-state index contributed by atoms with van der Waals surface area (Å²) < 4.78 is 35.6. The Morgan fingerprint density at radius 1 is 1.08 bits per heavy atom. The number of nitrogens with zero attached hydrogens (tertiary/aromatic N) is 1. The highest BCUT2D eigenvalue weighted by molar-refractivity contribution is 7.91. The molecule has 0 radical (unpaired) electrons. The van der Waals surface area contributed by atoms with Crippen molar-refractivity contribution in [3.8, 4) is 22.8 Å². The minimum atomic E-state index is -2.94. The summed E-state index contributed by atoms with van der Waals surface area (Å²) in [6, 6.07) is 16.3. The molecule has 1 aromatic heterocycles. The molecule has 3 aromatic rings. The van der Waals surface area contributed by atoms with Crippen LogP contribution >= 0.6 is 0 Å². The second-order valence-electron chi connectivity index (χ2n) is 10.9. The molecule has 2 atom stereocenters. The SMILES string of the molecule is Cc1cc(OC2CCS(=O)(=O)CC2)nc(C)c1-c1cccc(COc2ccc3c(c2)C[C@@H](CC(=O)O)[C@H]3C)c1. The van der Waals surface area contributed by atoms with Crippen molar-refractivity contribution in [1.82, 2.24) is 4.98 Å². The van der Waals surface area contributed by atoms with E-state index < -0.39 is 15.8 Å². The van der Waals surface area contributed by atoms with Crippen molar-refractivity contribution < 1.29 is 27.8 Å². The minimum absolute atomic E-state index is 0.125. The van der Waals surface area contributed by atoms with Crippen molar-refractivity contribution in [3.05, 3.63) is 76.5 Å². The molecule has 1 N–H and O–H groups in total. The number of hydrogen-bond acceptors (Lipinski definition) is 6. The highest BCUT2D eigenvalue weighted by Gasteiger charge is 2.31. The molecule has 206 valence electrons. The van der Waals surface area contributed by atoms with Crippen LogP contribution in [-0.2, 0) is 27.7 Å². The first kappa shape index (κ1) is 27.2. The number of aryl methyl sites for hydroxylation is 2. The molecular formula is C31H35NO6S. The Morgan fingerprint density at radius 3 is 2.56 bits per heavy atom. The molecule has 2 heterocycles. The number of aliphatic carboxylic acids is 1. The number of rotatable bonds is 8. The number of carboxylic acids is 1. The number of ether oxygens (including phenoxy) is 2. The zero-order valence-electron chi connectivity index (χ0n) is 22.6. The predicted octanol–water partition coefficient (Wildman–Crippen LogP) is 5.65. The molecule has 2 aromatic carbocycles. The molecule has 0 unspecified atom stereocenters. The first-order valence-electron chi connectivity index (χ1n) is 13.5. The molecule has 1 fully saturated rings. The Bertz CT molecular complexity index is 1460. The minimum Gasteiger partial charge on any atom is -0.489 e. The monoisotopic (exact) mass is 549 g/mol. The summed E-state index contributed by atoms with van der Waals surface area (Å²) in [5.74, 6) is 1.26. The van der Waals surface area contributed by atoms with Crippen LogP contribution in [0.15, 0.2) is 48.5 Å². The van der Waals surface area contributed by atoms with Gasteiger partial charge in [0.15, 0.2) is 9.84 Å². The molecule has 1 saturated heterocycles. The molecule has 0 saturated carbocycles. The van der Waals surface area contributed by atoms with Gasteiger partial charge in [-0.3, -0.25) is 4.79 Å². The quantitative estimate of drug-likeness (QED) is 0.387. The van der Waals surface area contributed by atoms with Crippen molar-refractivity contribution in [1.29, 1.82) is 0 Å². The molecule has 8 heteroatoms. The van der Waals surface area contributed by atoms with Crippen molar-refractivity contribution >= 4 is 15.8 Å². The molecule has 0 bridgehead atoms. The highest BCUT2D eigenvalue weighted by atomic mass is 32.2. The van der Waals surface area contributed by atoms with Gasteiger partial charge in [0.1, 0.15) is 18.5 Å². The van der Waals surface area contributed by atoms with Gasteiger partial charge in [-0.15, -0.1) is 0 Å². The summed E-state index contributed by atoms with van der Waals surface area (Å²) in [6.07, 6.45) is 1.82. The fraction of sp³-hybridized carbons (Fsp3) is 0.419. The van der Waals surface area contributed by atoms with Gasteiger partial charge in [-0.1, -0.05) is 31.2 Å². The maximum absolute atomic E-state index is 11.7. The van der Waals surface area contributed by atoms with Crippen LogP contribution in [0.1, 0.15) is 60.1 Å². The van der Waals surface area contributed by atoms with Gasteiger partial charge in [0.2, 0.25) is 5.88 Å². The normalized spacial score (nSPS) is 20.4. The van der Waals surface area contributed by atoms with E-state index in [9.17, 15) is 18.3 Å². The molecule has 0 amide bonds. The fourth-order valence-electron chi connectivity index (χ4n) is 5.91. The average molecular weight is 550 g/mol. The van der Waals surface area contributed by atoms with Gasteiger partial charge in [0.25, 0.3) is 0 Å². The fourth-order valence-corrected chi connectivity index (χ4v) is 7.36. The first-order valence-corrected chi connectivity index (χ1v) is 15.3.